The van der Waals surface area contributed by atoms with E-state index in [1.165, 1.54) is 18.2 Å². The van der Waals surface area contributed by atoms with Crippen LogP contribution in [0.3, 0.4) is 0 Å². The highest BCUT2D eigenvalue weighted by Gasteiger charge is 2.32. The molecule has 0 fully saturated rings. The van der Waals surface area contributed by atoms with Crippen molar-refractivity contribution >= 4 is 11.8 Å². The van der Waals surface area contributed by atoms with Crippen molar-refractivity contribution in [1.29, 1.82) is 0 Å². The Hall–Kier alpha value is -2.29. The number of carbonyl (C=O) groups excluding carboxylic acids is 2. The number of halogens is 3. The molecule has 0 saturated heterocycles. The molecule has 2 amide bonds. The zero-order valence-corrected chi connectivity index (χ0v) is 15.0. The Kier molecular flexibility index (Phi) is 8.37. The molecule has 6 nitrogen and oxygen atoms in total. The summed E-state index contributed by atoms with van der Waals surface area (Å²) >= 11 is 0. The Balaban J connectivity index is 2.57. The van der Waals surface area contributed by atoms with Crippen molar-refractivity contribution in [3.8, 4) is 5.75 Å². The van der Waals surface area contributed by atoms with Crippen molar-refractivity contribution in [1.82, 2.24) is 15.5 Å². The first-order valence-corrected chi connectivity index (χ1v) is 8.22. The molecular formula is C17H24F3N3O3. The number of ether oxygens (including phenoxy) is 1. The highest BCUT2D eigenvalue weighted by Crippen LogP contribution is 2.25. The molecule has 146 valence electrons. The Morgan fingerprint density at radius 1 is 1.15 bits per heavy atom. The average Bonchev–Trinajstić information content (AvgIpc) is 2.51. The van der Waals surface area contributed by atoms with E-state index in [-0.39, 0.29) is 42.9 Å². The lowest BCUT2D eigenvalue weighted by Crippen LogP contribution is -2.44. The summed E-state index contributed by atoms with van der Waals surface area (Å²) in [6, 6.07) is 5.59. The van der Waals surface area contributed by atoms with E-state index in [1.807, 2.05) is 20.8 Å². The molecule has 0 aliphatic carbocycles. The number of rotatable bonds is 9. The number of likely N-dealkylation sites (N-methyl/N-ethyl adjacent to an activating group) is 1. The van der Waals surface area contributed by atoms with E-state index >= 15 is 0 Å². The molecule has 0 saturated carbocycles. The third-order valence-corrected chi connectivity index (χ3v) is 3.31. The molecule has 0 heterocycles. The number of carbonyl (C=O) groups is 2. The fourth-order valence-electron chi connectivity index (χ4n) is 2.18. The summed E-state index contributed by atoms with van der Waals surface area (Å²) in [6.45, 7) is 5.87. The molecule has 0 radical (unpaired) electrons. The van der Waals surface area contributed by atoms with Gasteiger partial charge in [0.1, 0.15) is 5.75 Å². The number of nitrogens with zero attached hydrogens (tertiary/aromatic N) is 1. The maximum atomic E-state index is 12.4. The van der Waals surface area contributed by atoms with Crippen LogP contribution in [-0.4, -0.2) is 48.8 Å². The lowest BCUT2D eigenvalue weighted by atomic mass is 10.2. The SMILES string of the molecule is CCN(CC(=O)NCc1ccccc1OC(F)(F)F)CC(=O)NC(C)C. The van der Waals surface area contributed by atoms with Gasteiger partial charge in [-0.25, -0.2) is 0 Å². The summed E-state index contributed by atoms with van der Waals surface area (Å²) in [6.07, 6.45) is -4.80. The zero-order chi connectivity index (χ0) is 19.7. The fraction of sp³-hybridized carbons (Fsp3) is 0.529. The number of hydrogen-bond donors (Lipinski definition) is 2. The minimum atomic E-state index is -4.80. The Labute approximate surface area is 150 Å². The lowest BCUT2D eigenvalue weighted by Gasteiger charge is -2.20. The molecule has 0 atom stereocenters. The molecule has 1 aromatic rings. The highest BCUT2D eigenvalue weighted by molar-refractivity contribution is 5.81. The van der Waals surface area contributed by atoms with E-state index in [0.717, 1.165) is 0 Å². The number of benzene rings is 1. The van der Waals surface area contributed by atoms with Crippen LogP contribution < -0.4 is 15.4 Å². The summed E-state index contributed by atoms with van der Waals surface area (Å²) in [7, 11) is 0. The predicted octanol–water partition coefficient (Wildman–Crippen LogP) is 2.05. The fourth-order valence-corrected chi connectivity index (χ4v) is 2.18. The van der Waals surface area contributed by atoms with Gasteiger partial charge in [0.25, 0.3) is 0 Å². The standard InChI is InChI=1S/C17H24F3N3O3/c1-4-23(11-16(25)22-12(2)3)10-15(24)21-9-13-7-5-6-8-14(13)26-17(18,19)20/h5-8,12H,4,9-11H2,1-3H3,(H,21,24)(H,22,25). The van der Waals surface area contributed by atoms with Gasteiger partial charge in [0.15, 0.2) is 0 Å². The first kappa shape index (κ1) is 21.8. The van der Waals surface area contributed by atoms with Crippen LogP contribution in [0.25, 0.3) is 0 Å². The van der Waals surface area contributed by atoms with Crippen LogP contribution in [0.5, 0.6) is 5.75 Å². The average molecular weight is 375 g/mol. The van der Waals surface area contributed by atoms with Gasteiger partial charge in [-0.1, -0.05) is 25.1 Å². The molecule has 1 aromatic carbocycles. The molecule has 0 unspecified atom stereocenters. The smallest absolute Gasteiger partial charge is 0.405 e. The van der Waals surface area contributed by atoms with Crippen molar-refractivity contribution in [3.05, 3.63) is 29.8 Å². The van der Waals surface area contributed by atoms with E-state index in [9.17, 15) is 22.8 Å². The van der Waals surface area contributed by atoms with Gasteiger partial charge >= 0.3 is 6.36 Å². The second-order valence-corrected chi connectivity index (χ2v) is 5.96. The van der Waals surface area contributed by atoms with Gasteiger partial charge in [0, 0.05) is 18.2 Å². The maximum Gasteiger partial charge on any atom is 0.573 e. The summed E-state index contributed by atoms with van der Waals surface area (Å²) < 4.78 is 41.1. The minimum absolute atomic E-state index is 0.000155. The summed E-state index contributed by atoms with van der Waals surface area (Å²) in [5.74, 6) is -0.950. The van der Waals surface area contributed by atoms with Gasteiger partial charge in [0.2, 0.25) is 11.8 Å². The van der Waals surface area contributed by atoms with E-state index < -0.39 is 12.3 Å². The number of para-hydroxylation sites is 1. The Morgan fingerprint density at radius 2 is 1.77 bits per heavy atom. The van der Waals surface area contributed by atoms with Crippen LogP contribution >= 0.6 is 0 Å². The van der Waals surface area contributed by atoms with E-state index in [1.54, 1.807) is 11.0 Å². The zero-order valence-electron chi connectivity index (χ0n) is 15.0. The van der Waals surface area contributed by atoms with Crippen LogP contribution in [0.2, 0.25) is 0 Å². The van der Waals surface area contributed by atoms with Crippen molar-refractivity contribution in [2.75, 3.05) is 19.6 Å². The molecule has 0 bridgehead atoms. The van der Waals surface area contributed by atoms with Crippen molar-refractivity contribution in [3.63, 3.8) is 0 Å². The second kappa shape index (κ2) is 10.0. The minimum Gasteiger partial charge on any atom is -0.405 e. The van der Waals surface area contributed by atoms with Crippen molar-refractivity contribution in [2.45, 2.75) is 39.7 Å². The molecular weight excluding hydrogens is 351 g/mol. The Morgan fingerprint density at radius 3 is 2.35 bits per heavy atom. The largest absolute Gasteiger partial charge is 0.573 e. The van der Waals surface area contributed by atoms with Gasteiger partial charge in [0.05, 0.1) is 13.1 Å². The number of amides is 2. The summed E-state index contributed by atoms with van der Waals surface area (Å²) in [4.78, 5) is 25.4. The molecule has 26 heavy (non-hydrogen) atoms. The summed E-state index contributed by atoms with van der Waals surface area (Å²) in [5, 5.41) is 5.28. The Bertz CT molecular complexity index is 606. The van der Waals surface area contributed by atoms with Crippen LogP contribution in [0.1, 0.15) is 26.3 Å². The monoisotopic (exact) mass is 375 g/mol. The second-order valence-electron chi connectivity index (χ2n) is 5.96. The lowest BCUT2D eigenvalue weighted by molar-refractivity contribution is -0.274. The first-order chi connectivity index (χ1) is 12.1. The van der Waals surface area contributed by atoms with E-state index in [2.05, 4.69) is 15.4 Å². The third kappa shape index (κ3) is 8.70. The first-order valence-electron chi connectivity index (χ1n) is 8.22. The highest BCUT2D eigenvalue weighted by atomic mass is 19.4. The predicted molar refractivity (Wildman–Crippen MR) is 90.4 cm³/mol. The van der Waals surface area contributed by atoms with Gasteiger partial charge in [-0.05, 0) is 26.5 Å². The summed E-state index contributed by atoms with van der Waals surface area (Å²) in [5.41, 5.74) is 0.207. The third-order valence-electron chi connectivity index (χ3n) is 3.31. The van der Waals surface area contributed by atoms with Crippen LogP contribution in [-0.2, 0) is 16.1 Å². The molecule has 0 aromatic heterocycles. The topological polar surface area (TPSA) is 70.7 Å². The molecule has 0 aliphatic heterocycles. The molecule has 0 spiro atoms. The molecule has 0 aliphatic rings. The molecule has 9 heteroatoms. The van der Waals surface area contributed by atoms with E-state index in [0.29, 0.717) is 6.54 Å². The van der Waals surface area contributed by atoms with Crippen LogP contribution in [0.15, 0.2) is 24.3 Å². The van der Waals surface area contributed by atoms with Gasteiger partial charge < -0.3 is 15.4 Å². The van der Waals surface area contributed by atoms with Crippen LogP contribution in [0.4, 0.5) is 13.2 Å². The van der Waals surface area contributed by atoms with Crippen molar-refractivity contribution < 1.29 is 27.5 Å². The number of alkyl halides is 3. The van der Waals surface area contributed by atoms with Gasteiger partial charge in [-0.2, -0.15) is 0 Å². The van der Waals surface area contributed by atoms with E-state index in [4.69, 9.17) is 0 Å². The normalized spacial score (nSPS) is 11.5. The van der Waals surface area contributed by atoms with Crippen LogP contribution in [0, 0.1) is 0 Å². The quantitative estimate of drug-likeness (QED) is 0.693. The maximum absolute atomic E-state index is 12.4. The van der Waals surface area contributed by atoms with Crippen molar-refractivity contribution in [2.24, 2.45) is 0 Å². The number of hydrogen-bond acceptors (Lipinski definition) is 4. The van der Waals surface area contributed by atoms with Gasteiger partial charge in [-0.15, -0.1) is 13.2 Å². The molecule has 1 rings (SSSR count). The number of nitrogens with one attached hydrogen (secondary N) is 2. The molecule has 2 N–H and O–H groups in total. The van der Waals surface area contributed by atoms with Gasteiger partial charge in [-0.3, -0.25) is 14.5 Å².